The number of rotatable bonds is 9. The van der Waals surface area contributed by atoms with Crippen LogP contribution in [0.3, 0.4) is 0 Å². The minimum Gasteiger partial charge on any atom is -0.475 e. The van der Waals surface area contributed by atoms with Gasteiger partial charge in [-0.15, -0.1) is 0 Å². The van der Waals surface area contributed by atoms with Crippen LogP contribution in [0, 0.1) is 5.92 Å². The number of likely N-dealkylation sites (tertiary alicyclic amines) is 1. The molecule has 2 N–H and O–H groups in total. The predicted octanol–water partition coefficient (Wildman–Crippen LogP) is 5.74. The third-order valence-corrected chi connectivity index (χ3v) is 7.83. The molecule has 5 rings (SSSR count). The number of imidazole rings is 1. The van der Waals surface area contributed by atoms with Gasteiger partial charge >= 0.3 is 12.1 Å². The van der Waals surface area contributed by atoms with Gasteiger partial charge in [-0.3, -0.25) is 4.90 Å². The fourth-order valence-electron chi connectivity index (χ4n) is 5.51. The minimum absolute atomic E-state index is 0.00602. The van der Waals surface area contributed by atoms with E-state index in [1.54, 1.807) is 0 Å². The van der Waals surface area contributed by atoms with Gasteiger partial charge in [0.15, 0.2) is 11.5 Å². The van der Waals surface area contributed by atoms with Crippen LogP contribution in [0.1, 0.15) is 85.5 Å². The van der Waals surface area contributed by atoms with Crippen LogP contribution in [0.4, 0.5) is 19.0 Å². The first-order valence-corrected chi connectivity index (χ1v) is 13.4. The van der Waals surface area contributed by atoms with Crippen LogP contribution in [-0.2, 0) is 12.7 Å². The standard InChI is InChI=1S/C27H33F3N6O2/c1-2-35-15-4-3-8-20(35)25-34-23-21(36(25)16-18-9-11-19(12-10-18)27(28,29)30)22(32-24(33-23)26(37)38)31-14-13-17-6-5-7-17/h9-12,17,20H,2-8,13-16H2,1H3,(H,37,38)(H,31,32,33). The molecule has 8 nitrogen and oxygen atoms in total. The summed E-state index contributed by atoms with van der Waals surface area (Å²) in [6, 6.07) is 5.13. The average molecular weight is 531 g/mol. The number of carboxylic acids is 1. The van der Waals surface area contributed by atoms with Gasteiger partial charge in [0, 0.05) is 13.1 Å². The second-order valence-electron chi connectivity index (χ2n) is 10.3. The molecule has 1 aliphatic heterocycles. The molecule has 0 spiro atoms. The smallest absolute Gasteiger partial charge is 0.416 e. The predicted molar refractivity (Wildman–Crippen MR) is 137 cm³/mol. The highest BCUT2D eigenvalue weighted by atomic mass is 19.4. The molecule has 204 valence electrons. The zero-order valence-corrected chi connectivity index (χ0v) is 21.5. The molecule has 0 radical (unpaired) electrons. The number of carboxylic acid groups (broad SMARTS) is 1. The first kappa shape index (κ1) is 26.4. The van der Waals surface area contributed by atoms with E-state index in [1.807, 2.05) is 4.57 Å². The van der Waals surface area contributed by atoms with E-state index in [2.05, 4.69) is 27.1 Å². The van der Waals surface area contributed by atoms with Crippen molar-refractivity contribution in [2.45, 2.75) is 70.6 Å². The molecule has 0 amide bonds. The number of alkyl halides is 3. The summed E-state index contributed by atoms with van der Waals surface area (Å²) < 4.78 is 41.5. The number of benzene rings is 1. The highest BCUT2D eigenvalue weighted by Gasteiger charge is 2.32. The van der Waals surface area contributed by atoms with Gasteiger partial charge in [0.05, 0.1) is 11.6 Å². The van der Waals surface area contributed by atoms with E-state index in [9.17, 15) is 23.1 Å². The number of halogens is 3. The maximum atomic E-state index is 13.2. The largest absolute Gasteiger partial charge is 0.475 e. The maximum absolute atomic E-state index is 13.2. The Bertz CT molecular complexity index is 1290. The molecule has 11 heteroatoms. The van der Waals surface area contributed by atoms with Gasteiger partial charge in [-0.05, 0) is 56.0 Å². The summed E-state index contributed by atoms with van der Waals surface area (Å²) in [6.07, 6.45) is 3.19. The number of nitrogens with one attached hydrogen (secondary N) is 1. The number of hydrogen-bond donors (Lipinski definition) is 2. The Balaban J connectivity index is 1.59. The molecule has 1 saturated carbocycles. The molecule has 1 aromatic carbocycles. The number of aromatic nitrogens is 4. The number of aromatic carboxylic acids is 1. The molecule has 38 heavy (non-hydrogen) atoms. The SMILES string of the molecule is CCN1CCCCC1c1nc2nc(C(=O)O)nc(NCCC3CCC3)c2n1Cc1ccc(C(F)(F)F)cc1. The number of piperidine rings is 1. The molecule has 1 aliphatic carbocycles. The second kappa shape index (κ2) is 10.9. The van der Waals surface area contributed by atoms with Crippen LogP contribution in [0.5, 0.6) is 0 Å². The van der Waals surface area contributed by atoms with Gasteiger partial charge in [-0.1, -0.05) is 44.7 Å². The maximum Gasteiger partial charge on any atom is 0.416 e. The zero-order valence-electron chi connectivity index (χ0n) is 21.5. The number of nitrogens with zero attached hydrogens (tertiary/aromatic N) is 5. The van der Waals surface area contributed by atoms with Crippen molar-refractivity contribution in [2.24, 2.45) is 5.92 Å². The quantitative estimate of drug-likeness (QED) is 0.364. The molecule has 0 bridgehead atoms. The summed E-state index contributed by atoms with van der Waals surface area (Å²) in [5.41, 5.74) is 0.849. The molecule has 3 heterocycles. The molecular weight excluding hydrogens is 497 g/mol. The monoisotopic (exact) mass is 530 g/mol. The van der Waals surface area contributed by atoms with Crippen molar-refractivity contribution in [3.63, 3.8) is 0 Å². The Hall–Kier alpha value is -3.21. The third-order valence-electron chi connectivity index (χ3n) is 7.83. The van der Waals surface area contributed by atoms with Gasteiger partial charge in [-0.25, -0.2) is 19.7 Å². The highest BCUT2D eigenvalue weighted by Crippen LogP contribution is 2.35. The lowest BCUT2D eigenvalue weighted by Gasteiger charge is -2.34. The number of fused-ring (bicyclic) bond motifs is 1. The van der Waals surface area contributed by atoms with Crippen molar-refractivity contribution in [3.8, 4) is 0 Å². The Morgan fingerprint density at radius 3 is 2.47 bits per heavy atom. The number of hydrogen-bond acceptors (Lipinski definition) is 6. The lowest BCUT2D eigenvalue weighted by molar-refractivity contribution is -0.137. The average Bonchev–Trinajstić information content (AvgIpc) is 3.23. The van der Waals surface area contributed by atoms with E-state index in [4.69, 9.17) is 4.98 Å². The molecule has 1 atom stereocenters. The first-order valence-electron chi connectivity index (χ1n) is 13.4. The summed E-state index contributed by atoms with van der Waals surface area (Å²) >= 11 is 0. The van der Waals surface area contributed by atoms with Crippen LogP contribution in [0.2, 0.25) is 0 Å². The van der Waals surface area contributed by atoms with Gasteiger partial charge in [0.2, 0.25) is 5.82 Å². The Kier molecular flexibility index (Phi) is 7.56. The lowest BCUT2D eigenvalue weighted by Crippen LogP contribution is -2.34. The van der Waals surface area contributed by atoms with E-state index in [0.717, 1.165) is 56.7 Å². The Labute approximate surface area is 219 Å². The van der Waals surface area contributed by atoms with Gasteiger partial charge in [0.25, 0.3) is 0 Å². The van der Waals surface area contributed by atoms with Crippen LogP contribution in [0.15, 0.2) is 24.3 Å². The molecule has 1 unspecified atom stereocenters. The van der Waals surface area contributed by atoms with Crippen LogP contribution in [-0.4, -0.2) is 55.1 Å². The van der Waals surface area contributed by atoms with Crippen molar-refractivity contribution < 1.29 is 23.1 Å². The van der Waals surface area contributed by atoms with E-state index >= 15 is 0 Å². The van der Waals surface area contributed by atoms with Crippen molar-refractivity contribution in [1.29, 1.82) is 0 Å². The summed E-state index contributed by atoms with van der Waals surface area (Å²) in [6.45, 7) is 4.75. The van der Waals surface area contributed by atoms with Crippen molar-refractivity contribution in [1.82, 2.24) is 24.4 Å². The summed E-state index contributed by atoms with van der Waals surface area (Å²) in [7, 11) is 0. The molecule has 2 aliphatic rings. The van der Waals surface area contributed by atoms with Crippen LogP contribution >= 0.6 is 0 Å². The first-order chi connectivity index (χ1) is 18.2. The molecule has 2 aromatic heterocycles. The summed E-state index contributed by atoms with van der Waals surface area (Å²) in [5, 5.41) is 13.0. The molecule has 3 aromatic rings. The van der Waals surface area contributed by atoms with Crippen LogP contribution in [0.25, 0.3) is 11.2 Å². The summed E-state index contributed by atoms with van der Waals surface area (Å²) in [5.74, 6) is 0.231. The van der Waals surface area contributed by atoms with Gasteiger partial charge < -0.3 is 15.0 Å². The van der Waals surface area contributed by atoms with Gasteiger partial charge in [0.1, 0.15) is 11.3 Å². The molecular formula is C27H33F3N6O2. The summed E-state index contributed by atoms with van der Waals surface area (Å²) in [4.78, 5) is 27.6. The Morgan fingerprint density at radius 1 is 1.08 bits per heavy atom. The van der Waals surface area contributed by atoms with E-state index in [0.29, 0.717) is 29.4 Å². The van der Waals surface area contributed by atoms with E-state index in [1.165, 1.54) is 31.4 Å². The van der Waals surface area contributed by atoms with E-state index < -0.39 is 17.7 Å². The Morgan fingerprint density at radius 2 is 1.84 bits per heavy atom. The number of anilines is 1. The number of carbonyl (C=O) groups is 1. The fourth-order valence-corrected chi connectivity index (χ4v) is 5.51. The second-order valence-corrected chi connectivity index (χ2v) is 10.3. The van der Waals surface area contributed by atoms with Crippen molar-refractivity contribution in [3.05, 3.63) is 47.0 Å². The lowest BCUT2D eigenvalue weighted by atomic mass is 9.83. The van der Waals surface area contributed by atoms with Crippen LogP contribution < -0.4 is 5.32 Å². The minimum atomic E-state index is -4.41. The van der Waals surface area contributed by atoms with Crippen molar-refractivity contribution >= 4 is 23.0 Å². The molecule has 2 fully saturated rings. The normalized spacial score (nSPS) is 19.0. The topological polar surface area (TPSA) is 96.2 Å². The van der Waals surface area contributed by atoms with E-state index in [-0.39, 0.29) is 24.1 Å². The third kappa shape index (κ3) is 5.48. The highest BCUT2D eigenvalue weighted by molar-refractivity contribution is 5.90. The van der Waals surface area contributed by atoms with Gasteiger partial charge in [-0.2, -0.15) is 13.2 Å². The zero-order chi connectivity index (χ0) is 26.9. The van der Waals surface area contributed by atoms with Crippen molar-refractivity contribution in [2.75, 3.05) is 25.0 Å². The fraction of sp³-hybridized carbons (Fsp3) is 0.556. The molecule has 1 saturated heterocycles.